The summed E-state index contributed by atoms with van der Waals surface area (Å²) in [6.45, 7) is 6.36. The Morgan fingerprint density at radius 1 is 1.35 bits per heavy atom. The second-order valence-electron chi connectivity index (χ2n) is 5.83. The highest BCUT2D eigenvalue weighted by atomic mass is 16.6. The fourth-order valence-electron chi connectivity index (χ4n) is 2.36. The van der Waals surface area contributed by atoms with Crippen LogP contribution in [0.5, 0.6) is 0 Å². The van der Waals surface area contributed by atoms with Gasteiger partial charge in [-0.25, -0.2) is 15.1 Å². The first-order valence-corrected chi connectivity index (χ1v) is 7.24. The molecule has 8 heteroatoms. The number of nitrogens with zero attached hydrogens (tertiary/aromatic N) is 2. The van der Waals surface area contributed by atoms with Crippen LogP contribution in [0.1, 0.15) is 51.1 Å². The lowest BCUT2D eigenvalue weighted by atomic mass is 9.94. The predicted molar refractivity (Wildman–Crippen MR) is 80.2 cm³/mol. The van der Waals surface area contributed by atoms with Crippen molar-refractivity contribution >= 4 is 11.8 Å². The fourth-order valence-corrected chi connectivity index (χ4v) is 2.36. The molecule has 2 N–H and O–H groups in total. The SMILES string of the molecule is CCCC1=NC(C(C)(C)O)=C(C(C(=O)O)c2oc(=O)oc2C)[N]1. The lowest BCUT2D eigenvalue weighted by Gasteiger charge is -2.20. The zero-order valence-electron chi connectivity index (χ0n) is 13.4. The largest absolute Gasteiger partial charge is 0.519 e. The fraction of sp³-hybridized carbons (Fsp3) is 0.533. The molecule has 23 heavy (non-hydrogen) atoms. The molecule has 0 bridgehead atoms. The lowest BCUT2D eigenvalue weighted by Crippen LogP contribution is -2.27. The summed E-state index contributed by atoms with van der Waals surface area (Å²) in [5.74, 6) is -3.27. The molecule has 1 aromatic rings. The molecule has 0 saturated carbocycles. The Labute approximate surface area is 132 Å². The molecule has 0 spiro atoms. The summed E-state index contributed by atoms with van der Waals surface area (Å²) in [6.07, 6.45) is 1.32. The number of amidine groups is 1. The first-order valence-electron chi connectivity index (χ1n) is 7.24. The normalized spacial score (nSPS) is 16.3. The topological polar surface area (TPSA) is 127 Å². The summed E-state index contributed by atoms with van der Waals surface area (Å²) in [4.78, 5) is 27.3. The highest BCUT2D eigenvalue weighted by Crippen LogP contribution is 2.35. The molecule has 1 aliphatic heterocycles. The molecule has 1 aliphatic rings. The first kappa shape index (κ1) is 17.0. The highest BCUT2D eigenvalue weighted by Gasteiger charge is 2.40. The summed E-state index contributed by atoms with van der Waals surface area (Å²) in [5, 5.41) is 24.1. The maximum atomic E-state index is 11.8. The van der Waals surface area contributed by atoms with E-state index >= 15 is 0 Å². The second-order valence-corrected chi connectivity index (χ2v) is 5.83. The molecule has 1 aromatic heterocycles. The molecule has 2 heterocycles. The van der Waals surface area contributed by atoms with Crippen molar-refractivity contribution in [2.24, 2.45) is 4.99 Å². The number of carboxylic acid groups (broad SMARTS) is 1. The average Bonchev–Trinajstić information content (AvgIpc) is 2.94. The van der Waals surface area contributed by atoms with E-state index in [-0.39, 0.29) is 22.9 Å². The van der Waals surface area contributed by atoms with Gasteiger partial charge in [-0.2, -0.15) is 0 Å². The van der Waals surface area contributed by atoms with Crippen LogP contribution in [0.25, 0.3) is 0 Å². The summed E-state index contributed by atoms with van der Waals surface area (Å²) in [5.41, 5.74) is -1.18. The first-order chi connectivity index (χ1) is 10.6. The van der Waals surface area contributed by atoms with Crippen molar-refractivity contribution in [3.05, 3.63) is 33.5 Å². The minimum absolute atomic E-state index is 0.0566. The monoisotopic (exact) mass is 323 g/mol. The third-order valence-corrected chi connectivity index (χ3v) is 3.35. The zero-order chi connectivity index (χ0) is 17.4. The highest BCUT2D eigenvalue weighted by molar-refractivity contribution is 5.90. The Bertz CT molecular complexity index is 732. The number of carbonyl (C=O) groups is 1. The molecule has 1 radical (unpaired) electrons. The van der Waals surface area contributed by atoms with Gasteiger partial charge in [-0.3, -0.25) is 4.79 Å². The number of rotatable bonds is 6. The molecule has 0 aliphatic carbocycles. The Kier molecular flexibility index (Phi) is 4.46. The van der Waals surface area contributed by atoms with E-state index in [0.29, 0.717) is 12.3 Å². The lowest BCUT2D eigenvalue weighted by molar-refractivity contribution is -0.138. The van der Waals surface area contributed by atoms with E-state index in [4.69, 9.17) is 8.83 Å². The van der Waals surface area contributed by atoms with Crippen LogP contribution in [0.15, 0.2) is 30.0 Å². The molecular formula is C15H19N2O6. The van der Waals surface area contributed by atoms with Crippen molar-refractivity contribution in [2.75, 3.05) is 0 Å². The molecule has 8 nitrogen and oxygen atoms in total. The van der Waals surface area contributed by atoms with E-state index < -0.39 is 23.3 Å². The summed E-state index contributed by atoms with van der Waals surface area (Å²) in [6, 6.07) is 0. The predicted octanol–water partition coefficient (Wildman–Crippen LogP) is 1.51. The molecule has 0 aromatic carbocycles. The van der Waals surface area contributed by atoms with Crippen molar-refractivity contribution in [3.8, 4) is 0 Å². The summed E-state index contributed by atoms with van der Waals surface area (Å²) in [7, 11) is 0. The van der Waals surface area contributed by atoms with Crippen molar-refractivity contribution in [2.45, 2.75) is 52.1 Å². The Morgan fingerprint density at radius 2 is 2.00 bits per heavy atom. The van der Waals surface area contributed by atoms with Gasteiger partial charge in [0.15, 0.2) is 11.7 Å². The van der Waals surface area contributed by atoms with Crippen LogP contribution in [0.3, 0.4) is 0 Å². The van der Waals surface area contributed by atoms with Crippen LogP contribution < -0.4 is 11.1 Å². The van der Waals surface area contributed by atoms with E-state index in [1.54, 1.807) is 0 Å². The standard InChI is InChI=1S/C15H19N2O6/c1-5-6-8-16-10(12(17-8)15(3,4)21)9(13(18)19)11-7(2)22-14(20)23-11/h9,21H,5-6H2,1-4H3,(H,18,19). The van der Waals surface area contributed by atoms with Crippen LogP contribution in [0.2, 0.25) is 0 Å². The minimum Gasteiger partial charge on any atom is -0.480 e. The van der Waals surface area contributed by atoms with Gasteiger partial charge in [0, 0.05) is 6.42 Å². The summed E-state index contributed by atoms with van der Waals surface area (Å²) >= 11 is 0. The zero-order valence-corrected chi connectivity index (χ0v) is 13.4. The van der Waals surface area contributed by atoms with Gasteiger partial charge in [-0.15, -0.1) is 0 Å². The van der Waals surface area contributed by atoms with E-state index in [0.717, 1.165) is 6.42 Å². The van der Waals surface area contributed by atoms with Crippen molar-refractivity contribution < 1.29 is 23.8 Å². The molecule has 1 atom stereocenters. The molecule has 1 unspecified atom stereocenters. The minimum atomic E-state index is -1.39. The Balaban J connectivity index is 2.56. The maximum Gasteiger partial charge on any atom is 0.519 e. The van der Waals surface area contributed by atoms with Crippen molar-refractivity contribution in [3.63, 3.8) is 0 Å². The van der Waals surface area contributed by atoms with Gasteiger partial charge in [0.1, 0.15) is 17.2 Å². The maximum absolute atomic E-state index is 11.8. The van der Waals surface area contributed by atoms with E-state index in [1.807, 2.05) is 6.92 Å². The molecule has 2 rings (SSSR count). The van der Waals surface area contributed by atoms with E-state index in [9.17, 15) is 19.8 Å². The molecule has 125 valence electrons. The molecule has 0 amide bonds. The number of hydrogen-bond acceptors (Lipinski definition) is 6. The molecule has 0 saturated heterocycles. The van der Waals surface area contributed by atoms with Crippen molar-refractivity contribution in [1.29, 1.82) is 0 Å². The quantitative estimate of drug-likeness (QED) is 0.816. The summed E-state index contributed by atoms with van der Waals surface area (Å²) < 4.78 is 9.63. The number of hydrogen-bond donors (Lipinski definition) is 2. The van der Waals surface area contributed by atoms with Crippen LogP contribution in [0.4, 0.5) is 0 Å². The van der Waals surface area contributed by atoms with Gasteiger partial charge in [0.05, 0.1) is 11.4 Å². The Morgan fingerprint density at radius 3 is 2.43 bits per heavy atom. The van der Waals surface area contributed by atoms with E-state index in [2.05, 4.69) is 10.3 Å². The van der Waals surface area contributed by atoms with Crippen LogP contribution >= 0.6 is 0 Å². The molecule has 0 fully saturated rings. The van der Waals surface area contributed by atoms with Gasteiger partial charge in [0.2, 0.25) is 0 Å². The number of aliphatic imine (C=N–C) groups is 1. The average molecular weight is 323 g/mol. The number of aliphatic carboxylic acids is 1. The van der Waals surface area contributed by atoms with Gasteiger partial charge in [-0.05, 0) is 27.2 Å². The van der Waals surface area contributed by atoms with Crippen LogP contribution in [0, 0.1) is 6.92 Å². The third kappa shape index (κ3) is 3.37. The van der Waals surface area contributed by atoms with Crippen molar-refractivity contribution in [1.82, 2.24) is 5.32 Å². The van der Waals surface area contributed by atoms with Gasteiger partial charge < -0.3 is 19.0 Å². The molecular weight excluding hydrogens is 304 g/mol. The second kappa shape index (κ2) is 6.04. The number of aryl methyl sites for hydroxylation is 1. The van der Waals surface area contributed by atoms with Gasteiger partial charge in [-0.1, -0.05) is 6.92 Å². The van der Waals surface area contributed by atoms with Gasteiger partial charge >= 0.3 is 11.8 Å². The van der Waals surface area contributed by atoms with Crippen LogP contribution in [-0.4, -0.2) is 27.6 Å². The smallest absolute Gasteiger partial charge is 0.480 e. The van der Waals surface area contributed by atoms with E-state index in [1.165, 1.54) is 20.8 Å². The van der Waals surface area contributed by atoms with Crippen LogP contribution in [-0.2, 0) is 4.79 Å². The third-order valence-electron chi connectivity index (χ3n) is 3.35. The van der Waals surface area contributed by atoms with Gasteiger partial charge in [0.25, 0.3) is 0 Å². The Hall–Kier alpha value is -2.35. The number of aliphatic hydroxyl groups is 1. The number of carboxylic acids is 1.